The minimum Gasteiger partial charge on any atom is -0.501 e. The Labute approximate surface area is 89.6 Å². The maximum Gasteiger partial charge on any atom is 0.192 e. The Morgan fingerprint density at radius 2 is 2.27 bits per heavy atom. The highest BCUT2D eigenvalue weighted by atomic mass is 16.5. The number of Topliss-reactive ketones (excluding diaryl/α,β-unsaturated/α-hetero) is 1. The molecular weight excluding hydrogens is 188 g/mol. The second-order valence-corrected chi connectivity index (χ2v) is 3.76. The van der Waals surface area contributed by atoms with E-state index in [0.29, 0.717) is 13.0 Å². The molecule has 0 spiro atoms. The molecule has 0 amide bonds. The van der Waals surface area contributed by atoms with Crippen LogP contribution in [0.15, 0.2) is 30.0 Å². The fourth-order valence-corrected chi connectivity index (χ4v) is 1.79. The molecule has 0 saturated heterocycles. The molecule has 0 N–H and O–H groups in total. The van der Waals surface area contributed by atoms with E-state index >= 15 is 0 Å². The van der Waals surface area contributed by atoms with Gasteiger partial charge in [0, 0.05) is 17.6 Å². The molecule has 2 rings (SSSR count). The number of benzene rings is 1. The van der Waals surface area contributed by atoms with E-state index in [4.69, 9.17) is 4.74 Å². The number of ketones is 1. The smallest absolute Gasteiger partial charge is 0.192 e. The zero-order valence-electron chi connectivity index (χ0n) is 9.04. The quantitative estimate of drug-likeness (QED) is 0.544. The summed E-state index contributed by atoms with van der Waals surface area (Å²) < 4.78 is 5.17. The van der Waals surface area contributed by atoms with Gasteiger partial charge in [-0.25, -0.2) is 0 Å². The lowest BCUT2D eigenvalue weighted by atomic mass is 10.1. The van der Waals surface area contributed by atoms with E-state index in [2.05, 4.69) is 0 Å². The molecule has 0 aromatic heterocycles. The first-order valence-electron chi connectivity index (χ1n) is 5.17. The molecule has 0 heterocycles. The van der Waals surface area contributed by atoms with Gasteiger partial charge in [0.15, 0.2) is 5.78 Å². The molecule has 2 nitrogen and oxygen atoms in total. The molecule has 0 aliphatic heterocycles. The third kappa shape index (κ3) is 1.80. The predicted molar refractivity (Wildman–Crippen MR) is 58.9 cm³/mol. The number of carbonyl (C=O) groups is 1. The van der Waals surface area contributed by atoms with Crippen LogP contribution >= 0.6 is 0 Å². The van der Waals surface area contributed by atoms with Gasteiger partial charge in [-0.1, -0.05) is 17.7 Å². The van der Waals surface area contributed by atoms with Crippen LogP contribution in [0.1, 0.15) is 28.4 Å². The van der Waals surface area contributed by atoms with Crippen LogP contribution in [0.2, 0.25) is 0 Å². The summed E-state index contributed by atoms with van der Waals surface area (Å²) in [5.41, 5.74) is 3.83. The summed E-state index contributed by atoms with van der Waals surface area (Å²) in [7, 11) is 0. The average molecular weight is 202 g/mol. The Hall–Kier alpha value is -1.57. The Morgan fingerprint density at radius 3 is 3.00 bits per heavy atom. The number of ether oxygens (including phenoxy) is 1. The van der Waals surface area contributed by atoms with Crippen molar-refractivity contribution in [3.8, 4) is 0 Å². The first-order chi connectivity index (χ1) is 7.22. The van der Waals surface area contributed by atoms with Gasteiger partial charge in [-0.15, -0.1) is 0 Å². The fourth-order valence-electron chi connectivity index (χ4n) is 1.79. The highest BCUT2D eigenvalue weighted by molar-refractivity contribution is 6.13. The van der Waals surface area contributed by atoms with Gasteiger partial charge in [-0.2, -0.15) is 0 Å². The summed E-state index contributed by atoms with van der Waals surface area (Å²) in [6, 6.07) is 6.01. The molecule has 0 unspecified atom stereocenters. The lowest BCUT2D eigenvalue weighted by molar-refractivity contribution is 0.103. The van der Waals surface area contributed by atoms with Gasteiger partial charge in [-0.3, -0.25) is 4.79 Å². The van der Waals surface area contributed by atoms with Crippen molar-refractivity contribution in [1.82, 2.24) is 0 Å². The van der Waals surface area contributed by atoms with Gasteiger partial charge in [0.05, 0.1) is 12.9 Å². The van der Waals surface area contributed by atoms with Crippen LogP contribution in [0, 0.1) is 6.92 Å². The lowest BCUT2D eigenvalue weighted by Crippen LogP contribution is -1.96. The van der Waals surface area contributed by atoms with Crippen molar-refractivity contribution in [3.63, 3.8) is 0 Å². The van der Waals surface area contributed by atoms with Crippen molar-refractivity contribution in [2.75, 3.05) is 6.61 Å². The standard InChI is InChI=1S/C13H14O2/c1-3-15-8-11-7-10-5-4-9(2)6-12(10)13(11)14/h4-6,8H,3,7H2,1-2H3/b11-8-. The fraction of sp³-hybridized carbons (Fsp3) is 0.308. The number of aryl methyl sites for hydroxylation is 1. The summed E-state index contributed by atoms with van der Waals surface area (Å²) in [6.45, 7) is 4.51. The van der Waals surface area contributed by atoms with E-state index in [-0.39, 0.29) is 5.78 Å². The predicted octanol–water partition coefficient (Wildman–Crippen LogP) is 2.65. The molecule has 0 bridgehead atoms. The Bertz CT molecular complexity index is 430. The average Bonchev–Trinajstić information content (AvgIpc) is 2.53. The van der Waals surface area contributed by atoms with Gasteiger partial charge in [-0.05, 0) is 25.5 Å². The van der Waals surface area contributed by atoms with Crippen LogP contribution in [0.4, 0.5) is 0 Å². The molecule has 1 aliphatic rings. The third-order valence-corrected chi connectivity index (χ3v) is 2.57. The van der Waals surface area contributed by atoms with E-state index in [1.54, 1.807) is 6.26 Å². The summed E-state index contributed by atoms with van der Waals surface area (Å²) in [5, 5.41) is 0. The molecule has 1 aliphatic carbocycles. The topological polar surface area (TPSA) is 26.3 Å². The zero-order chi connectivity index (χ0) is 10.8. The van der Waals surface area contributed by atoms with Gasteiger partial charge in [0.2, 0.25) is 0 Å². The maximum absolute atomic E-state index is 11.9. The first-order valence-corrected chi connectivity index (χ1v) is 5.17. The van der Waals surface area contributed by atoms with Crippen molar-refractivity contribution >= 4 is 5.78 Å². The first kappa shape index (κ1) is 9.97. The van der Waals surface area contributed by atoms with Crippen LogP contribution < -0.4 is 0 Å². The Balaban J connectivity index is 2.33. The molecule has 78 valence electrons. The van der Waals surface area contributed by atoms with Crippen molar-refractivity contribution in [1.29, 1.82) is 0 Å². The SMILES string of the molecule is CCO/C=C1/Cc2ccc(C)cc2C1=O. The van der Waals surface area contributed by atoms with Crippen LogP contribution in [0.25, 0.3) is 0 Å². The molecule has 0 fully saturated rings. The normalized spacial score (nSPS) is 16.9. The molecule has 2 heteroatoms. The summed E-state index contributed by atoms with van der Waals surface area (Å²) >= 11 is 0. The number of hydrogen-bond donors (Lipinski definition) is 0. The van der Waals surface area contributed by atoms with E-state index in [0.717, 1.165) is 22.3 Å². The van der Waals surface area contributed by atoms with Crippen molar-refractivity contribution < 1.29 is 9.53 Å². The monoisotopic (exact) mass is 202 g/mol. The van der Waals surface area contributed by atoms with E-state index in [9.17, 15) is 4.79 Å². The van der Waals surface area contributed by atoms with Gasteiger partial charge < -0.3 is 4.74 Å². The van der Waals surface area contributed by atoms with Crippen molar-refractivity contribution in [2.45, 2.75) is 20.3 Å². The minimum atomic E-state index is 0.113. The largest absolute Gasteiger partial charge is 0.501 e. The highest BCUT2D eigenvalue weighted by Gasteiger charge is 2.24. The van der Waals surface area contributed by atoms with Gasteiger partial charge in [0.1, 0.15) is 0 Å². The second kappa shape index (κ2) is 3.89. The lowest BCUT2D eigenvalue weighted by Gasteiger charge is -1.97. The van der Waals surface area contributed by atoms with Gasteiger partial charge >= 0.3 is 0 Å². The second-order valence-electron chi connectivity index (χ2n) is 3.76. The van der Waals surface area contributed by atoms with Crippen LogP contribution in [0.5, 0.6) is 0 Å². The van der Waals surface area contributed by atoms with E-state index < -0.39 is 0 Å². The molecule has 1 aromatic rings. The molecule has 15 heavy (non-hydrogen) atoms. The van der Waals surface area contributed by atoms with Crippen LogP contribution in [-0.4, -0.2) is 12.4 Å². The maximum atomic E-state index is 11.9. The van der Waals surface area contributed by atoms with Gasteiger partial charge in [0.25, 0.3) is 0 Å². The zero-order valence-corrected chi connectivity index (χ0v) is 9.04. The number of carbonyl (C=O) groups excluding carboxylic acids is 1. The highest BCUT2D eigenvalue weighted by Crippen LogP contribution is 2.26. The Morgan fingerprint density at radius 1 is 1.47 bits per heavy atom. The minimum absolute atomic E-state index is 0.113. The van der Waals surface area contributed by atoms with E-state index in [1.165, 1.54) is 0 Å². The number of fused-ring (bicyclic) bond motifs is 1. The number of hydrogen-bond acceptors (Lipinski definition) is 2. The molecule has 0 saturated carbocycles. The number of rotatable bonds is 2. The molecule has 1 aromatic carbocycles. The van der Waals surface area contributed by atoms with Crippen LogP contribution in [0.3, 0.4) is 0 Å². The summed E-state index contributed by atoms with van der Waals surface area (Å²) in [4.78, 5) is 11.9. The van der Waals surface area contributed by atoms with Crippen molar-refractivity contribution in [3.05, 3.63) is 46.7 Å². The van der Waals surface area contributed by atoms with Crippen LogP contribution in [-0.2, 0) is 11.2 Å². The summed E-state index contributed by atoms with van der Waals surface area (Å²) in [5.74, 6) is 0.113. The number of allylic oxidation sites excluding steroid dienone is 1. The third-order valence-electron chi connectivity index (χ3n) is 2.57. The van der Waals surface area contributed by atoms with E-state index in [1.807, 2.05) is 32.0 Å². The molecular formula is C13H14O2. The van der Waals surface area contributed by atoms with Crippen molar-refractivity contribution in [2.24, 2.45) is 0 Å². The molecule has 0 atom stereocenters. The summed E-state index contributed by atoms with van der Waals surface area (Å²) in [6.07, 6.45) is 2.30. The molecule has 0 radical (unpaired) electrons. The Kier molecular flexibility index (Phi) is 2.58.